The Labute approximate surface area is 78.5 Å². The summed E-state index contributed by atoms with van der Waals surface area (Å²) in [6.45, 7) is 3.61. The zero-order valence-corrected chi connectivity index (χ0v) is 8.21. The van der Waals surface area contributed by atoms with Crippen molar-refractivity contribution in [2.75, 3.05) is 6.54 Å². The maximum Gasteiger partial charge on any atom is 0.239 e. The van der Waals surface area contributed by atoms with Crippen LogP contribution in [0.3, 0.4) is 0 Å². The van der Waals surface area contributed by atoms with Gasteiger partial charge in [-0.3, -0.25) is 4.79 Å². The second-order valence-electron chi connectivity index (χ2n) is 4.34. The maximum absolute atomic E-state index is 11.3. The van der Waals surface area contributed by atoms with E-state index in [1.807, 2.05) is 0 Å². The summed E-state index contributed by atoms with van der Waals surface area (Å²) in [5.41, 5.74) is 4.71. The molecule has 4 nitrogen and oxygen atoms in total. The zero-order chi connectivity index (χ0) is 10.1. The lowest BCUT2D eigenvalue weighted by Gasteiger charge is -2.19. The molecule has 1 fully saturated rings. The van der Waals surface area contributed by atoms with Crippen LogP contribution in [0.15, 0.2) is 0 Å². The van der Waals surface area contributed by atoms with E-state index < -0.39 is 11.6 Å². The van der Waals surface area contributed by atoms with E-state index in [0.717, 1.165) is 12.8 Å². The zero-order valence-electron chi connectivity index (χ0n) is 8.21. The van der Waals surface area contributed by atoms with Gasteiger partial charge in [-0.05, 0) is 32.6 Å². The SMILES string of the molecule is CC(C)(N)C(=O)NCC(O)C1CC1. The molecule has 1 aliphatic carbocycles. The molecule has 1 amide bonds. The van der Waals surface area contributed by atoms with Crippen molar-refractivity contribution in [2.45, 2.75) is 38.3 Å². The van der Waals surface area contributed by atoms with Gasteiger partial charge in [0.15, 0.2) is 0 Å². The van der Waals surface area contributed by atoms with Gasteiger partial charge >= 0.3 is 0 Å². The maximum atomic E-state index is 11.3. The van der Waals surface area contributed by atoms with E-state index >= 15 is 0 Å². The van der Waals surface area contributed by atoms with Crippen LogP contribution in [-0.2, 0) is 4.79 Å². The molecule has 0 bridgehead atoms. The number of hydrogen-bond acceptors (Lipinski definition) is 3. The molecule has 0 aromatic carbocycles. The molecule has 13 heavy (non-hydrogen) atoms. The van der Waals surface area contributed by atoms with E-state index in [0.29, 0.717) is 12.5 Å². The third-order valence-corrected chi connectivity index (χ3v) is 2.22. The summed E-state index contributed by atoms with van der Waals surface area (Å²) < 4.78 is 0. The predicted octanol–water partition coefficient (Wildman–Crippen LogP) is -0.389. The molecule has 4 N–H and O–H groups in total. The summed E-state index contributed by atoms with van der Waals surface area (Å²) in [7, 11) is 0. The van der Waals surface area contributed by atoms with Gasteiger partial charge in [0, 0.05) is 6.54 Å². The Hall–Kier alpha value is -0.610. The van der Waals surface area contributed by atoms with Gasteiger partial charge in [0.2, 0.25) is 5.91 Å². The highest BCUT2D eigenvalue weighted by molar-refractivity contribution is 5.85. The first-order valence-corrected chi connectivity index (χ1v) is 4.66. The number of carbonyl (C=O) groups excluding carboxylic acids is 1. The van der Waals surface area contributed by atoms with Crippen molar-refractivity contribution in [1.29, 1.82) is 0 Å². The lowest BCUT2D eigenvalue weighted by Crippen LogP contribution is -2.50. The van der Waals surface area contributed by atoms with Crippen molar-refractivity contribution in [1.82, 2.24) is 5.32 Å². The third-order valence-electron chi connectivity index (χ3n) is 2.22. The number of rotatable bonds is 4. The van der Waals surface area contributed by atoms with Crippen LogP contribution < -0.4 is 11.1 Å². The van der Waals surface area contributed by atoms with E-state index in [4.69, 9.17) is 5.73 Å². The second kappa shape index (κ2) is 3.64. The van der Waals surface area contributed by atoms with Crippen LogP contribution in [0, 0.1) is 5.92 Å². The van der Waals surface area contributed by atoms with Gasteiger partial charge in [-0.2, -0.15) is 0 Å². The van der Waals surface area contributed by atoms with Gasteiger partial charge in [0.1, 0.15) is 0 Å². The quantitative estimate of drug-likeness (QED) is 0.559. The van der Waals surface area contributed by atoms with E-state index in [2.05, 4.69) is 5.32 Å². The van der Waals surface area contributed by atoms with Crippen LogP contribution in [0.2, 0.25) is 0 Å². The van der Waals surface area contributed by atoms with Crippen LogP contribution >= 0.6 is 0 Å². The fraction of sp³-hybridized carbons (Fsp3) is 0.889. The molecule has 1 aliphatic rings. The fourth-order valence-corrected chi connectivity index (χ4v) is 1.07. The summed E-state index contributed by atoms with van der Waals surface area (Å²) >= 11 is 0. The Morgan fingerprint density at radius 1 is 1.69 bits per heavy atom. The molecule has 1 saturated carbocycles. The fourth-order valence-electron chi connectivity index (χ4n) is 1.07. The van der Waals surface area contributed by atoms with Crippen molar-refractivity contribution in [3.8, 4) is 0 Å². The van der Waals surface area contributed by atoms with E-state index in [9.17, 15) is 9.90 Å². The number of carbonyl (C=O) groups is 1. The third kappa shape index (κ3) is 3.32. The summed E-state index contributed by atoms with van der Waals surface area (Å²) in [5.74, 6) is 0.174. The molecule has 76 valence electrons. The molecule has 4 heteroatoms. The Balaban J connectivity index is 2.21. The molecule has 0 aromatic rings. The summed E-state index contributed by atoms with van der Waals surface area (Å²) in [6.07, 6.45) is 1.75. The largest absolute Gasteiger partial charge is 0.391 e. The van der Waals surface area contributed by atoms with E-state index in [-0.39, 0.29) is 5.91 Å². The lowest BCUT2D eigenvalue weighted by molar-refractivity contribution is -0.125. The van der Waals surface area contributed by atoms with Gasteiger partial charge in [-0.1, -0.05) is 0 Å². The van der Waals surface area contributed by atoms with Crippen molar-refractivity contribution in [3.63, 3.8) is 0 Å². The molecule has 0 saturated heterocycles. The molecule has 0 heterocycles. The van der Waals surface area contributed by atoms with E-state index in [1.165, 1.54) is 0 Å². The number of nitrogens with two attached hydrogens (primary N) is 1. The first kappa shape index (κ1) is 10.5. The summed E-state index contributed by atoms with van der Waals surface area (Å²) in [5, 5.41) is 12.1. The van der Waals surface area contributed by atoms with Gasteiger partial charge < -0.3 is 16.2 Å². The first-order valence-electron chi connectivity index (χ1n) is 4.66. The number of hydrogen-bond donors (Lipinski definition) is 3. The van der Waals surface area contributed by atoms with Gasteiger partial charge in [-0.15, -0.1) is 0 Å². The molecule has 0 aliphatic heterocycles. The van der Waals surface area contributed by atoms with Crippen LogP contribution in [0.25, 0.3) is 0 Å². The second-order valence-corrected chi connectivity index (χ2v) is 4.34. The van der Waals surface area contributed by atoms with E-state index in [1.54, 1.807) is 13.8 Å². The molecule has 1 atom stereocenters. The minimum absolute atomic E-state index is 0.216. The van der Waals surface area contributed by atoms with Crippen molar-refractivity contribution in [2.24, 2.45) is 11.7 Å². The monoisotopic (exact) mass is 186 g/mol. The normalized spacial score (nSPS) is 19.7. The highest BCUT2D eigenvalue weighted by Gasteiger charge is 2.30. The Kier molecular flexibility index (Phi) is 2.93. The van der Waals surface area contributed by atoms with Crippen molar-refractivity contribution in [3.05, 3.63) is 0 Å². The average molecular weight is 186 g/mol. The number of amides is 1. The lowest BCUT2D eigenvalue weighted by atomic mass is 10.1. The smallest absolute Gasteiger partial charge is 0.239 e. The molecular weight excluding hydrogens is 168 g/mol. The highest BCUT2D eigenvalue weighted by Crippen LogP contribution is 2.32. The standard InChI is InChI=1S/C9H18N2O2/c1-9(2,10)8(13)11-5-7(12)6-3-4-6/h6-7,12H,3-5,10H2,1-2H3,(H,11,13). The first-order chi connectivity index (χ1) is 5.91. The minimum Gasteiger partial charge on any atom is -0.391 e. The highest BCUT2D eigenvalue weighted by atomic mass is 16.3. The predicted molar refractivity (Wildman–Crippen MR) is 50.0 cm³/mol. The number of nitrogens with one attached hydrogen (secondary N) is 1. The average Bonchev–Trinajstić information content (AvgIpc) is 2.79. The number of aliphatic hydroxyl groups excluding tert-OH is 1. The number of aliphatic hydroxyl groups is 1. The van der Waals surface area contributed by atoms with Crippen LogP contribution in [0.5, 0.6) is 0 Å². The minimum atomic E-state index is -0.858. The molecule has 0 radical (unpaired) electrons. The van der Waals surface area contributed by atoms with Crippen LogP contribution in [0.4, 0.5) is 0 Å². The molecule has 1 unspecified atom stereocenters. The molecule has 1 rings (SSSR count). The van der Waals surface area contributed by atoms with Crippen LogP contribution in [0.1, 0.15) is 26.7 Å². The topological polar surface area (TPSA) is 75.4 Å². The molecule has 0 spiro atoms. The summed E-state index contributed by atoms with van der Waals surface area (Å²) in [6, 6.07) is 0. The Morgan fingerprint density at radius 3 is 2.62 bits per heavy atom. The van der Waals surface area contributed by atoms with Crippen LogP contribution in [-0.4, -0.2) is 29.2 Å². The van der Waals surface area contributed by atoms with Gasteiger partial charge in [-0.25, -0.2) is 0 Å². The van der Waals surface area contributed by atoms with Crippen molar-refractivity contribution < 1.29 is 9.90 Å². The van der Waals surface area contributed by atoms with Gasteiger partial charge in [0.25, 0.3) is 0 Å². The molecule has 0 aromatic heterocycles. The Morgan fingerprint density at radius 2 is 2.23 bits per heavy atom. The molecular formula is C9H18N2O2. The van der Waals surface area contributed by atoms with Gasteiger partial charge in [0.05, 0.1) is 11.6 Å². The van der Waals surface area contributed by atoms with Crippen molar-refractivity contribution >= 4 is 5.91 Å². The Bertz CT molecular complexity index is 194. The summed E-state index contributed by atoms with van der Waals surface area (Å²) in [4.78, 5) is 11.3.